The summed E-state index contributed by atoms with van der Waals surface area (Å²) in [5.41, 5.74) is 2.11. The second kappa shape index (κ2) is 5.59. The minimum atomic E-state index is -0.656. The first kappa shape index (κ1) is 13.2. The fourth-order valence-corrected chi connectivity index (χ4v) is 3.41. The summed E-state index contributed by atoms with van der Waals surface area (Å²) in [5, 5.41) is 9.90. The van der Waals surface area contributed by atoms with Crippen LogP contribution < -0.4 is 0 Å². The molecule has 1 fully saturated rings. The zero-order chi connectivity index (χ0) is 13.1. The van der Waals surface area contributed by atoms with Crippen molar-refractivity contribution in [2.75, 3.05) is 12.9 Å². The number of hydrogen-bond acceptors (Lipinski definition) is 4. The van der Waals surface area contributed by atoms with Crippen LogP contribution in [0.5, 0.6) is 0 Å². The van der Waals surface area contributed by atoms with Crippen molar-refractivity contribution in [3.8, 4) is 0 Å². The molecule has 2 unspecified atom stereocenters. The number of carbonyl (C=O) groups excluding carboxylic acids is 1. The van der Waals surface area contributed by atoms with Gasteiger partial charge in [0.15, 0.2) is 0 Å². The number of hydrogen-bond donors (Lipinski definition) is 1. The van der Waals surface area contributed by atoms with Gasteiger partial charge in [0.2, 0.25) is 0 Å². The van der Waals surface area contributed by atoms with Crippen LogP contribution in [-0.4, -0.2) is 30.0 Å². The van der Waals surface area contributed by atoms with E-state index in [0.717, 1.165) is 16.0 Å². The van der Waals surface area contributed by atoms with E-state index in [2.05, 4.69) is 0 Å². The summed E-state index contributed by atoms with van der Waals surface area (Å²) in [5.74, 6) is -0.364. The third-order valence-electron chi connectivity index (χ3n) is 3.11. The number of rotatable bonds is 2. The standard InChI is InChI=1S/C14H16O3S/c1-9(10-6-4-3-5-7-10)13-12(14(16)17-2)11(15)8-18-13/h3-7,11-12,15H,8H2,1-2H3/b13-9+. The molecule has 1 aliphatic heterocycles. The molecule has 1 aliphatic rings. The maximum Gasteiger partial charge on any atom is 0.316 e. The Labute approximate surface area is 111 Å². The average Bonchev–Trinajstić information content (AvgIpc) is 2.80. The van der Waals surface area contributed by atoms with Gasteiger partial charge in [-0.15, -0.1) is 11.8 Å². The van der Waals surface area contributed by atoms with Gasteiger partial charge in [0.05, 0.1) is 13.2 Å². The van der Waals surface area contributed by atoms with E-state index in [1.54, 1.807) is 0 Å². The summed E-state index contributed by atoms with van der Waals surface area (Å²) in [6, 6.07) is 9.88. The predicted octanol–water partition coefficient (Wildman–Crippen LogP) is 2.31. The lowest BCUT2D eigenvalue weighted by Crippen LogP contribution is -2.27. The predicted molar refractivity (Wildman–Crippen MR) is 73.0 cm³/mol. The maximum atomic E-state index is 11.7. The lowest BCUT2D eigenvalue weighted by molar-refractivity contribution is -0.146. The van der Waals surface area contributed by atoms with Crippen LogP contribution in [0.4, 0.5) is 0 Å². The molecular weight excluding hydrogens is 248 g/mol. The molecule has 4 heteroatoms. The molecule has 0 saturated carbocycles. The van der Waals surface area contributed by atoms with Gasteiger partial charge in [-0.3, -0.25) is 4.79 Å². The number of benzene rings is 1. The number of esters is 1. The third kappa shape index (κ3) is 2.44. The molecule has 2 atom stereocenters. The van der Waals surface area contributed by atoms with Crippen LogP contribution in [0.1, 0.15) is 12.5 Å². The summed E-state index contributed by atoms with van der Waals surface area (Å²) in [4.78, 5) is 12.7. The van der Waals surface area contributed by atoms with Gasteiger partial charge >= 0.3 is 5.97 Å². The molecule has 1 aromatic carbocycles. The van der Waals surface area contributed by atoms with Gasteiger partial charge in [-0.1, -0.05) is 30.3 Å². The second-order valence-corrected chi connectivity index (χ2v) is 5.30. The molecule has 0 aliphatic carbocycles. The molecule has 18 heavy (non-hydrogen) atoms. The van der Waals surface area contributed by atoms with Crippen LogP contribution in [0.2, 0.25) is 0 Å². The number of thioether (sulfide) groups is 1. The Morgan fingerprint density at radius 2 is 2.06 bits per heavy atom. The quantitative estimate of drug-likeness (QED) is 0.833. The molecule has 1 saturated heterocycles. The molecule has 0 spiro atoms. The topological polar surface area (TPSA) is 46.5 Å². The van der Waals surface area contributed by atoms with Crippen molar-refractivity contribution in [2.24, 2.45) is 5.92 Å². The number of aliphatic hydroxyl groups excluding tert-OH is 1. The lowest BCUT2D eigenvalue weighted by Gasteiger charge is -2.15. The summed E-state index contributed by atoms with van der Waals surface area (Å²) in [6.07, 6.45) is -0.656. The Kier molecular flexibility index (Phi) is 4.09. The Hall–Kier alpha value is -1.26. The maximum absolute atomic E-state index is 11.7. The molecule has 1 heterocycles. The third-order valence-corrected chi connectivity index (χ3v) is 4.49. The molecule has 0 radical (unpaired) electrons. The second-order valence-electron chi connectivity index (χ2n) is 4.23. The van der Waals surface area contributed by atoms with Crippen LogP contribution in [0, 0.1) is 5.92 Å². The minimum Gasteiger partial charge on any atom is -0.468 e. The first-order chi connectivity index (χ1) is 8.65. The Morgan fingerprint density at radius 1 is 1.39 bits per heavy atom. The van der Waals surface area contributed by atoms with E-state index in [0.29, 0.717) is 5.75 Å². The van der Waals surface area contributed by atoms with Gasteiger partial charge in [-0.2, -0.15) is 0 Å². The lowest BCUT2D eigenvalue weighted by atomic mass is 9.97. The highest BCUT2D eigenvalue weighted by Crippen LogP contribution is 2.41. The van der Waals surface area contributed by atoms with Crippen molar-refractivity contribution in [1.29, 1.82) is 0 Å². The number of ether oxygens (including phenoxy) is 1. The van der Waals surface area contributed by atoms with Crippen molar-refractivity contribution in [2.45, 2.75) is 13.0 Å². The van der Waals surface area contributed by atoms with Crippen LogP contribution in [0.3, 0.4) is 0 Å². The molecule has 0 bridgehead atoms. The van der Waals surface area contributed by atoms with Crippen molar-refractivity contribution in [3.05, 3.63) is 40.8 Å². The van der Waals surface area contributed by atoms with E-state index in [4.69, 9.17) is 4.74 Å². The molecule has 96 valence electrons. The SMILES string of the molecule is COC(=O)C1/C(=C(/C)c2ccccc2)SCC1O. The summed E-state index contributed by atoms with van der Waals surface area (Å²) >= 11 is 1.53. The minimum absolute atomic E-state index is 0.363. The van der Waals surface area contributed by atoms with Gasteiger partial charge < -0.3 is 9.84 Å². The fraction of sp³-hybridized carbons (Fsp3) is 0.357. The zero-order valence-electron chi connectivity index (χ0n) is 10.4. The smallest absolute Gasteiger partial charge is 0.316 e. The molecule has 0 aromatic heterocycles. The van der Waals surface area contributed by atoms with Gasteiger partial charge in [-0.25, -0.2) is 0 Å². The fourth-order valence-electron chi connectivity index (χ4n) is 2.10. The van der Waals surface area contributed by atoms with E-state index < -0.39 is 12.0 Å². The number of aliphatic hydroxyl groups is 1. The number of carbonyl (C=O) groups is 1. The molecule has 1 aromatic rings. The van der Waals surface area contributed by atoms with E-state index in [1.807, 2.05) is 37.3 Å². The van der Waals surface area contributed by atoms with Crippen LogP contribution in [0.25, 0.3) is 5.57 Å². The Bertz CT molecular complexity index is 467. The highest BCUT2D eigenvalue weighted by atomic mass is 32.2. The van der Waals surface area contributed by atoms with Crippen molar-refractivity contribution in [3.63, 3.8) is 0 Å². The molecular formula is C14H16O3S. The van der Waals surface area contributed by atoms with Crippen LogP contribution >= 0.6 is 11.8 Å². The van der Waals surface area contributed by atoms with Crippen molar-refractivity contribution >= 4 is 23.3 Å². The van der Waals surface area contributed by atoms with E-state index in [-0.39, 0.29) is 5.97 Å². The van der Waals surface area contributed by atoms with Gasteiger partial charge in [0.25, 0.3) is 0 Å². The van der Waals surface area contributed by atoms with Crippen LogP contribution in [-0.2, 0) is 9.53 Å². The van der Waals surface area contributed by atoms with Gasteiger partial charge in [0, 0.05) is 10.7 Å². The monoisotopic (exact) mass is 264 g/mol. The highest BCUT2D eigenvalue weighted by molar-refractivity contribution is 8.03. The average molecular weight is 264 g/mol. The van der Waals surface area contributed by atoms with Crippen molar-refractivity contribution < 1.29 is 14.6 Å². The van der Waals surface area contributed by atoms with Crippen LogP contribution in [0.15, 0.2) is 35.2 Å². The number of methoxy groups -OCH3 is 1. The first-order valence-electron chi connectivity index (χ1n) is 5.80. The molecule has 0 amide bonds. The summed E-state index contributed by atoms with van der Waals surface area (Å²) in [6.45, 7) is 1.98. The Morgan fingerprint density at radius 3 is 2.67 bits per heavy atom. The molecule has 1 N–H and O–H groups in total. The largest absolute Gasteiger partial charge is 0.468 e. The summed E-state index contributed by atoms with van der Waals surface area (Å²) < 4.78 is 4.77. The van der Waals surface area contributed by atoms with Gasteiger partial charge in [0.1, 0.15) is 5.92 Å². The normalized spacial score (nSPS) is 25.9. The number of allylic oxidation sites excluding steroid dienone is 1. The Balaban J connectivity index is 2.39. The van der Waals surface area contributed by atoms with Crippen molar-refractivity contribution in [1.82, 2.24) is 0 Å². The molecule has 3 nitrogen and oxygen atoms in total. The highest BCUT2D eigenvalue weighted by Gasteiger charge is 2.38. The van der Waals surface area contributed by atoms with E-state index in [9.17, 15) is 9.90 Å². The zero-order valence-corrected chi connectivity index (χ0v) is 11.2. The van der Waals surface area contributed by atoms with E-state index in [1.165, 1.54) is 18.9 Å². The van der Waals surface area contributed by atoms with Gasteiger partial charge in [-0.05, 0) is 18.1 Å². The molecule has 2 rings (SSSR count). The van der Waals surface area contributed by atoms with E-state index >= 15 is 0 Å². The first-order valence-corrected chi connectivity index (χ1v) is 6.78. The summed E-state index contributed by atoms with van der Waals surface area (Å²) in [7, 11) is 1.35.